The summed E-state index contributed by atoms with van der Waals surface area (Å²) in [6.07, 6.45) is 8.44. The number of esters is 1. The number of carbonyl (C=O) groups excluding carboxylic acids is 2. The molecule has 32 heavy (non-hydrogen) atoms. The van der Waals surface area contributed by atoms with Crippen molar-refractivity contribution in [3.8, 4) is 11.5 Å². The Labute approximate surface area is 191 Å². The van der Waals surface area contributed by atoms with Crippen LogP contribution in [0.25, 0.3) is 0 Å². The second kappa shape index (κ2) is 10.4. The molecule has 6 heteroatoms. The summed E-state index contributed by atoms with van der Waals surface area (Å²) in [6, 6.07) is 3.97. The number of carbonyl (C=O) groups is 2. The maximum absolute atomic E-state index is 12.0. The lowest BCUT2D eigenvalue weighted by molar-refractivity contribution is -0.144. The molecular weight excluding hydrogens is 406 g/mol. The van der Waals surface area contributed by atoms with Crippen LogP contribution in [0.5, 0.6) is 11.5 Å². The molecule has 0 bridgehead atoms. The number of phenolic OH excluding ortho intramolecular Hbond substituents is 1. The van der Waals surface area contributed by atoms with Gasteiger partial charge in [0.15, 0.2) is 0 Å². The Morgan fingerprint density at radius 2 is 2.03 bits per heavy atom. The monoisotopic (exact) mass is 443 g/mol. The number of fused-ring (bicyclic) bond motifs is 3. The van der Waals surface area contributed by atoms with E-state index in [1.54, 1.807) is 7.05 Å². The minimum Gasteiger partial charge on any atom is -0.507 e. The van der Waals surface area contributed by atoms with Crippen LogP contribution in [0.3, 0.4) is 0 Å². The first-order chi connectivity index (χ1) is 15.2. The van der Waals surface area contributed by atoms with E-state index in [1.165, 1.54) is 6.42 Å². The van der Waals surface area contributed by atoms with Crippen LogP contribution in [0.1, 0.15) is 82.8 Å². The Kier molecular flexibility index (Phi) is 7.86. The van der Waals surface area contributed by atoms with E-state index in [9.17, 15) is 14.7 Å². The normalized spacial score (nSPS) is 20.9. The van der Waals surface area contributed by atoms with E-state index in [2.05, 4.69) is 38.2 Å². The fourth-order valence-corrected chi connectivity index (χ4v) is 4.91. The van der Waals surface area contributed by atoms with Gasteiger partial charge in [-0.2, -0.15) is 0 Å². The zero-order valence-electron chi connectivity index (χ0n) is 19.8. The molecule has 0 aromatic heterocycles. The van der Waals surface area contributed by atoms with Crippen molar-refractivity contribution in [3.05, 3.63) is 34.9 Å². The molecule has 2 atom stereocenters. The van der Waals surface area contributed by atoms with Gasteiger partial charge in [0.2, 0.25) is 5.91 Å². The van der Waals surface area contributed by atoms with Gasteiger partial charge in [0, 0.05) is 30.9 Å². The maximum atomic E-state index is 12.0. The third-order valence-corrected chi connectivity index (χ3v) is 6.73. The average Bonchev–Trinajstić information content (AvgIpc) is 2.75. The minimum absolute atomic E-state index is 0.0202. The molecule has 2 unspecified atom stereocenters. The van der Waals surface area contributed by atoms with E-state index in [0.29, 0.717) is 5.75 Å². The van der Waals surface area contributed by atoms with Crippen LogP contribution in [-0.4, -0.2) is 36.2 Å². The van der Waals surface area contributed by atoms with E-state index >= 15 is 0 Å². The molecule has 0 spiro atoms. The van der Waals surface area contributed by atoms with Crippen LogP contribution in [0, 0.1) is 5.92 Å². The molecule has 0 saturated carbocycles. The van der Waals surface area contributed by atoms with Gasteiger partial charge >= 0.3 is 5.97 Å². The molecular formula is C26H37NO5. The quantitative estimate of drug-likeness (QED) is 0.326. The van der Waals surface area contributed by atoms with Gasteiger partial charge in [0.25, 0.3) is 0 Å². The second-order valence-electron chi connectivity index (χ2n) is 9.52. The number of aromatic hydroxyl groups is 1. The van der Waals surface area contributed by atoms with E-state index in [4.69, 9.17) is 9.47 Å². The molecule has 2 aliphatic rings. The zero-order valence-corrected chi connectivity index (χ0v) is 19.8. The molecule has 1 heterocycles. The zero-order chi connectivity index (χ0) is 23.3. The standard InChI is InChI=1S/C26H37NO5/c1-5-6-7-8-17-14-21(28)25-19-13-18(16-31-24(30)12-11-23(29)27-4)9-10-20(19)26(2,3)32-22(25)15-17/h13-15,19-20,28H,5-12,16H2,1-4H3,(H,27,29). The molecule has 2 N–H and O–H groups in total. The fraction of sp³-hybridized carbons (Fsp3) is 0.615. The summed E-state index contributed by atoms with van der Waals surface area (Å²) in [4.78, 5) is 23.3. The molecule has 0 fully saturated rings. The maximum Gasteiger partial charge on any atom is 0.306 e. The molecule has 1 aromatic rings. The van der Waals surface area contributed by atoms with Crippen LogP contribution in [0.2, 0.25) is 0 Å². The third-order valence-electron chi connectivity index (χ3n) is 6.73. The Hall–Kier alpha value is -2.50. The topological polar surface area (TPSA) is 84.9 Å². The lowest BCUT2D eigenvalue weighted by Gasteiger charge is -2.46. The molecule has 0 radical (unpaired) electrons. The third kappa shape index (κ3) is 5.64. The number of ether oxygens (including phenoxy) is 2. The molecule has 1 aromatic carbocycles. The number of allylic oxidation sites excluding steroid dienone is 1. The summed E-state index contributed by atoms with van der Waals surface area (Å²) >= 11 is 0. The predicted molar refractivity (Wildman–Crippen MR) is 124 cm³/mol. The molecule has 1 amide bonds. The number of benzene rings is 1. The first-order valence-electron chi connectivity index (χ1n) is 11.9. The number of phenols is 1. The van der Waals surface area contributed by atoms with Crippen LogP contribution < -0.4 is 10.1 Å². The van der Waals surface area contributed by atoms with Gasteiger partial charge in [-0.25, -0.2) is 0 Å². The molecule has 176 valence electrons. The summed E-state index contributed by atoms with van der Waals surface area (Å²) in [6.45, 7) is 6.64. The first kappa shape index (κ1) is 24.1. The van der Waals surface area contributed by atoms with Crippen LogP contribution in [0.4, 0.5) is 0 Å². The van der Waals surface area contributed by atoms with Gasteiger partial charge < -0.3 is 19.9 Å². The van der Waals surface area contributed by atoms with Gasteiger partial charge in [0.05, 0.1) is 6.42 Å². The molecule has 1 aliphatic heterocycles. The van der Waals surface area contributed by atoms with Crippen LogP contribution in [-0.2, 0) is 20.7 Å². The van der Waals surface area contributed by atoms with Crippen molar-refractivity contribution in [2.45, 2.75) is 83.7 Å². The lowest BCUT2D eigenvalue weighted by atomic mass is 9.68. The molecule has 6 nitrogen and oxygen atoms in total. The first-order valence-corrected chi connectivity index (χ1v) is 11.9. The molecule has 0 saturated heterocycles. The summed E-state index contributed by atoms with van der Waals surface area (Å²) in [5.41, 5.74) is 2.65. The number of unbranched alkanes of at least 4 members (excludes halogenated alkanes) is 2. The van der Waals surface area contributed by atoms with E-state index in [1.807, 2.05) is 6.07 Å². The van der Waals surface area contributed by atoms with Gasteiger partial charge in [-0.3, -0.25) is 9.59 Å². The van der Waals surface area contributed by atoms with Gasteiger partial charge in [-0.1, -0.05) is 25.8 Å². The Balaban J connectivity index is 1.76. The number of nitrogens with one attached hydrogen (secondary N) is 1. The number of aryl methyl sites for hydroxylation is 1. The van der Waals surface area contributed by atoms with Crippen molar-refractivity contribution in [1.82, 2.24) is 5.32 Å². The van der Waals surface area contributed by atoms with Crippen LogP contribution >= 0.6 is 0 Å². The Morgan fingerprint density at radius 3 is 2.75 bits per heavy atom. The highest BCUT2D eigenvalue weighted by atomic mass is 16.5. The van der Waals surface area contributed by atoms with Crippen molar-refractivity contribution in [2.75, 3.05) is 13.7 Å². The number of hydrogen-bond donors (Lipinski definition) is 2. The van der Waals surface area contributed by atoms with Gasteiger partial charge in [-0.15, -0.1) is 0 Å². The summed E-state index contributed by atoms with van der Waals surface area (Å²) in [7, 11) is 1.55. The van der Waals surface area contributed by atoms with Crippen molar-refractivity contribution in [3.63, 3.8) is 0 Å². The van der Waals surface area contributed by atoms with Gasteiger partial charge in [0.1, 0.15) is 23.7 Å². The SMILES string of the molecule is CCCCCc1cc(O)c2c(c1)OC(C)(C)C1CCC(COC(=O)CCC(=O)NC)=CC21. The second-order valence-corrected chi connectivity index (χ2v) is 9.52. The van der Waals surface area contributed by atoms with E-state index in [0.717, 1.165) is 54.6 Å². The van der Waals surface area contributed by atoms with Crippen molar-refractivity contribution >= 4 is 11.9 Å². The summed E-state index contributed by atoms with van der Waals surface area (Å²) in [5, 5.41) is 13.4. The predicted octanol–water partition coefficient (Wildman–Crippen LogP) is 4.79. The number of hydrogen-bond acceptors (Lipinski definition) is 5. The smallest absolute Gasteiger partial charge is 0.306 e. The van der Waals surface area contributed by atoms with Gasteiger partial charge in [-0.05, 0) is 62.8 Å². The van der Waals surface area contributed by atoms with E-state index < -0.39 is 0 Å². The minimum atomic E-state index is -0.371. The average molecular weight is 444 g/mol. The highest BCUT2D eigenvalue weighted by molar-refractivity contribution is 5.81. The van der Waals surface area contributed by atoms with Crippen LogP contribution in [0.15, 0.2) is 23.8 Å². The molecule has 3 rings (SSSR count). The van der Waals surface area contributed by atoms with Crippen molar-refractivity contribution in [1.29, 1.82) is 0 Å². The van der Waals surface area contributed by atoms with Crippen molar-refractivity contribution in [2.24, 2.45) is 5.92 Å². The Bertz CT molecular complexity index is 873. The Morgan fingerprint density at radius 1 is 1.25 bits per heavy atom. The number of amides is 1. The summed E-state index contributed by atoms with van der Waals surface area (Å²) in [5.74, 6) is 0.768. The molecule has 1 aliphatic carbocycles. The largest absolute Gasteiger partial charge is 0.507 e. The highest BCUT2D eigenvalue weighted by Gasteiger charge is 2.45. The summed E-state index contributed by atoms with van der Waals surface area (Å²) < 4.78 is 11.8. The van der Waals surface area contributed by atoms with Crippen molar-refractivity contribution < 1.29 is 24.2 Å². The lowest BCUT2D eigenvalue weighted by Crippen LogP contribution is -2.45. The van der Waals surface area contributed by atoms with E-state index in [-0.39, 0.29) is 48.8 Å². The highest BCUT2D eigenvalue weighted by Crippen LogP contribution is 2.53. The number of rotatable bonds is 9. The fourth-order valence-electron chi connectivity index (χ4n) is 4.91.